The molecule has 0 saturated heterocycles. The van der Waals surface area contributed by atoms with Gasteiger partial charge < -0.3 is 5.32 Å². The average molecular weight is 286 g/mol. The fraction of sp³-hybridized carbons (Fsp3) is 0.938. The molecule has 1 N–H and O–H groups in total. The van der Waals surface area contributed by atoms with Gasteiger partial charge in [0, 0.05) is 12.0 Å². The Kier molecular flexibility index (Phi) is 4.81. The lowest BCUT2D eigenvalue weighted by Gasteiger charge is -2.36. The molecular weight excluding hydrogens is 258 g/mol. The third kappa shape index (κ3) is 3.87. The lowest BCUT2D eigenvalue weighted by molar-refractivity contribution is -0.127. The van der Waals surface area contributed by atoms with Gasteiger partial charge in [-0.1, -0.05) is 20.8 Å². The quantitative estimate of drug-likeness (QED) is 0.760. The van der Waals surface area contributed by atoms with E-state index in [1.807, 2.05) is 0 Å². The summed E-state index contributed by atoms with van der Waals surface area (Å²) >= 11 is 6.23. The fourth-order valence-corrected chi connectivity index (χ4v) is 3.94. The van der Waals surface area contributed by atoms with E-state index >= 15 is 0 Å². The molecule has 1 amide bonds. The van der Waals surface area contributed by atoms with Gasteiger partial charge in [-0.25, -0.2) is 0 Å². The molecule has 0 radical (unpaired) electrons. The number of halogens is 1. The van der Waals surface area contributed by atoms with Gasteiger partial charge in [-0.05, 0) is 56.3 Å². The lowest BCUT2D eigenvalue weighted by Crippen LogP contribution is -2.42. The average Bonchev–Trinajstić information content (AvgIpc) is 2.74. The zero-order chi connectivity index (χ0) is 14.0. The Morgan fingerprint density at radius 3 is 2.16 bits per heavy atom. The summed E-state index contributed by atoms with van der Waals surface area (Å²) in [5, 5.41) is 3.33. The summed E-state index contributed by atoms with van der Waals surface area (Å²) < 4.78 is 0. The molecule has 2 saturated carbocycles. The van der Waals surface area contributed by atoms with Crippen LogP contribution in [-0.2, 0) is 4.79 Å². The first-order valence-corrected chi connectivity index (χ1v) is 8.26. The van der Waals surface area contributed by atoms with Crippen LogP contribution in [0.2, 0.25) is 0 Å². The molecule has 2 rings (SSSR count). The molecule has 2 aliphatic rings. The van der Waals surface area contributed by atoms with Gasteiger partial charge in [0.25, 0.3) is 0 Å². The van der Waals surface area contributed by atoms with Crippen LogP contribution in [-0.4, -0.2) is 17.3 Å². The van der Waals surface area contributed by atoms with Crippen LogP contribution in [0, 0.1) is 17.3 Å². The molecule has 3 heteroatoms. The van der Waals surface area contributed by atoms with Crippen LogP contribution < -0.4 is 5.32 Å². The first-order chi connectivity index (χ1) is 8.88. The third-order valence-electron chi connectivity index (χ3n) is 5.08. The minimum absolute atomic E-state index is 0.148. The van der Waals surface area contributed by atoms with Crippen LogP contribution in [0.25, 0.3) is 0 Å². The molecule has 0 aliphatic heterocycles. The number of nitrogens with one attached hydrogen (secondary N) is 1. The van der Waals surface area contributed by atoms with E-state index in [2.05, 4.69) is 26.1 Å². The second-order valence-corrected chi connectivity index (χ2v) is 8.04. The molecule has 0 aromatic rings. The second-order valence-electron chi connectivity index (χ2n) is 7.48. The fourth-order valence-electron chi connectivity index (χ4n) is 3.60. The van der Waals surface area contributed by atoms with Crippen molar-refractivity contribution in [3.63, 3.8) is 0 Å². The van der Waals surface area contributed by atoms with E-state index in [-0.39, 0.29) is 23.2 Å². The van der Waals surface area contributed by atoms with Gasteiger partial charge in [0.05, 0.1) is 5.38 Å². The highest BCUT2D eigenvalue weighted by molar-refractivity contribution is 6.21. The third-order valence-corrected chi connectivity index (χ3v) is 5.60. The molecule has 2 aliphatic carbocycles. The normalized spacial score (nSPS) is 36.2. The zero-order valence-electron chi connectivity index (χ0n) is 12.5. The summed E-state index contributed by atoms with van der Waals surface area (Å²) in [7, 11) is 0. The molecule has 2 nitrogen and oxygen atoms in total. The second kappa shape index (κ2) is 6.03. The van der Waals surface area contributed by atoms with Crippen LogP contribution in [0.3, 0.4) is 0 Å². The number of alkyl halides is 1. The monoisotopic (exact) mass is 285 g/mol. The Labute approximate surface area is 122 Å². The van der Waals surface area contributed by atoms with Crippen molar-refractivity contribution in [3.05, 3.63) is 0 Å². The highest BCUT2D eigenvalue weighted by Gasteiger charge is 2.34. The summed E-state index contributed by atoms with van der Waals surface area (Å²) in [5.41, 5.74) is 0.383. The standard InChI is InChI=1S/C16H28ClNO/c1-16(2,3)12-9-7-11(8-10-12)15(19)18-14-6-4-5-13(14)17/h11-14H,4-10H2,1-3H3,(H,18,19). The van der Waals surface area contributed by atoms with E-state index < -0.39 is 0 Å². The van der Waals surface area contributed by atoms with E-state index in [0.717, 1.165) is 38.0 Å². The maximum absolute atomic E-state index is 12.3. The van der Waals surface area contributed by atoms with Crippen molar-refractivity contribution < 1.29 is 4.79 Å². The smallest absolute Gasteiger partial charge is 0.223 e. The summed E-state index contributed by atoms with van der Waals surface area (Å²) in [5.74, 6) is 1.25. The van der Waals surface area contributed by atoms with E-state index in [9.17, 15) is 4.79 Å². The SMILES string of the molecule is CC(C)(C)C1CCC(C(=O)NC2CCCC2Cl)CC1. The topological polar surface area (TPSA) is 29.1 Å². The first kappa shape index (κ1) is 15.2. The molecule has 0 aromatic carbocycles. The number of carbonyl (C=O) groups is 1. The Hall–Kier alpha value is -0.240. The molecule has 0 spiro atoms. The van der Waals surface area contributed by atoms with Crippen molar-refractivity contribution in [1.29, 1.82) is 0 Å². The molecular formula is C16H28ClNO. The van der Waals surface area contributed by atoms with E-state index in [1.165, 1.54) is 12.8 Å². The largest absolute Gasteiger partial charge is 0.352 e. The van der Waals surface area contributed by atoms with Gasteiger partial charge in [0.2, 0.25) is 5.91 Å². The number of hydrogen-bond acceptors (Lipinski definition) is 1. The van der Waals surface area contributed by atoms with Crippen LogP contribution in [0.1, 0.15) is 65.7 Å². The summed E-state index contributed by atoms with van der Waals surface area (Å²) in [6.07, 6.45) is 7.73. The molecule has 2 atom stereocenters. The molecule has 2 fully saturated rings. The molecule has 2 unspecified atom stereocenters. The van der Waals surface area contributed by atoms with Crippen LogP contribution in [0.5, 0.6) is 0 Å². The van der Waals surface area contributed by atoms with Crippen molar-refractivity contribution in [2.75, 3.05) is 0 Å². The highest BCUT2D eigenvalue weighted by Crippen LogP contribution is 2.40. The minimum Gasteiger partial charge on any atom is -0.352 e. The van der Waals surface area contributed by atoms with Crippen molar-refractivity contribution in [2.45, 2.75) is 77.1 Å². The number of rotatable bonds is 2. The zero-order valence-corrected chi connectivity index (χ0v) is 13.3. The summed E-state index contributed by atoms with van der Waals surface area (Å²) in [4.78, 5) is 12.3. The van der Waals surface area contributed by atoms with Gasteiger partial charge in [0.15, 0.2) is 0 Å². The van der Waals surface area contributed by atoms with E-state index in [4.69, 9.17) is 11.6 Å². The van der Waals surface area contributed by atoms with Crippen molar-refractivity contribution in [2.24, 2.45) is 17.3 Å². The van der Waals surface area contributed by atoms with Crippen molar-refractivity contribution in [3.8, 4) is 0 Å². The van der Waals surface area contributed by atoms with E-state index in [1.54, 1.807) is 0 Å². The van der Waals surface area contributed by atoms with Crippen molar-refractivity contribution >= 4 is 17.5 Å². The number of hydrogen-bond donors (Lipinski definition) is 1. The first-order valence-electron chi connectivity index (χ1n) is 7.82. The Balaban J connectivity index is 1.79. The number of carbonyl (C=O) groups excluding carboxylic acids is 1. The predicted octanol–water partition coefficient (Wildman–Crippen LogP) is 4.12. The van der Waals surface area contributed by atoms with Gasteiger partial charge in [-0.2, -0.15) is 0 Å². The maximum Gasteiger partial charge on any atom is 0.223 e. The molecule has 0 heterocycles. The van der Waals surface area contributed by atoms with Gasteiger partial charge in [-0.15, -0.1) is 11.6 Å². The van der Waals surface area contributed by atoms with Gasteiger partial charge in [0.1, 0.15) is 0 Å². The Bertz CT molecular complexity index is 315. The van der Waals surface area contributed by atoms with Gasteiger partial charge in [-0.3, -0.25) is 4.79 Å². The van der Waals surface area contributed by atoms with Crippen molar-refractivity contribution in [1.82, 2.24) is 5.32 Å². The van der Waals surface area contributed by atoms with Crippen LogP contribution >= 0.6 is 11.6 Å². The minimum atomic E-state index is 0.148. The number of amides is 1. The Morgan fingerprint density at radius 2 is 1.68 bits per heavy atom. The van der Waals surface area contributed by atoms with Crippen LogP contribution in [0.4, 0.5) is 0 Å². The summed E-state index contributed by atoms with van der Waals surface area (Å²) in [6, 6.07) is 0.217. The maximum atomic E-state index is 12.3. The molecule has 19 heavy (non-hydrogen) atoms. The molecule has 110 valence electrons. The Morgan fingerprint density at radius 1 is 1.05 bits per heavy atom. The highest BCUT2D eigenvalue weighted by atomic mass is 35.5. The predicted molar refractivity (Wildman–Crippen MR) is 80.3 cm³/mol. The molecule has 0 bridgehead atoms. The lowest BCUT2D eigenvalue weighted by atomic mass is 9.69. The van der Waals surface area contributed by atoms with Gasteiger partial charge >= 0.3 is 0 Å². The summed E-state index contributed by atoms with van der Waals surface area (Å²) in [6.45, 7) is 6.94. The molecule has 0 aromatic heterocycles. The van der Waals surface area contributed by atoms with Crippen LogP contribution in [0.15, 0.2) is 0 Å². The van der Waals surface area contributed by atoms with E-state index in [0.29, 0.717) is 5.41 Å².